The van der Waals surface area contributed by atoms with Crippen molar-refractivity contribution in [3.05, 3.63) is 95.1 Å². The number of halogens is 1. The molecule has 134 valence electrons. The van der Waals surface area contributed by atoms with E-state index in [1.165, 1.54) is 38.8 Å². The van der Waals surface area contributed by atoms with Crippen molar-refractivity contribution in [2.75, 3.05) is 0 Å². The lowest BCUT2D eigenvalue weighted by Gasteiger charge is -2.01. The molecule has 0 aliphatic carbocycles. The largest absolute Gasteiger partial charge is 0.359 e. The maximum atomic E-state index is 5.81. The highest BCUT2D eigenvalue weighted by molar-refractivity contribution is 6.31. The molecule has 2 aromatic heterocycles. The van der Waals surface area contributed by atoms with Gasteiger partial charge in [0, 0.05) is 43.8 Å². The van der Waals surface area contributed by atoms with Crippen molar-refractivity contribution in [1.82, 2.24) is 9.97 Å². The van der Waals surface area contributed by atoms with Crippen LogP contribution in [0.5, 0.6) is 0 Å². The van der Waals surface area contributed by atoms with E-state index in [1.54, 1.807) is 0 Å². The van der Waals surface area contributed by atoms with Crippen LogP contribution in [0.15, 0.2) is 78.9 Å². The first-order valence-corrected chi connectivity index (χ1v) is 9.36. The number of fused-ring (bicyclic) bond motifs is 2. The van der Waals surface area contributed by atoms with Crippen molar-refractivity contribution < 1.29 is 0 Å². The van der Waals surface area contributed by atoms with E-state index in [0.717, 1.165) is 10.5 Å². The molecule has 0 aliphatic rings. The molecule has 0 saturated carbocycles. The second-order valence-corrected chi connectivity index (χ2v) is 7.21. The van der Waals surface area contributed by atoms with Gasteiger partial charge in [0.15, 0.2) is 0 Å². The molecule has 3 heteroatoms. The minimum absolute atomic E-state index is 0.788. The van der Waals surface area contributed by atoms with Crippen LogP contribution in [0.4, 0.5) is 0 Å². The first-order chi connectivity index (χ1) is 13.1. The molecule has 0 radical (unpaired) electrons. The van der Waals surface area contributed by atoms with Gasteiger partial charge in [0.1, 0.15) is 0 Å². The maximum absolute atomic E-state index is 5.81. The van der Waals surface area contributed by atoms with E-state index in [9.17, 15) is 0 Å². The third-order valence-electron chi connectivity index (χ3n) is 4.68. The highest BCUT2D eigenvalue weighted by Crippen LogP contribution is 2.26. The number of aromatic nitrogens is 2. The van der Waals surface area contributed by atoms with Gasteiger partial charge in [-0.3, -0.25) is 0 Å². The van der Waals surface area contributed by atoms with Crippen molar-refractivity contribution in [2.45, 2.75) is 13.8 Å². The topological polar surface area (TPSA) is 31.6 Å². The van der Waals surface area contributed by atoms with Gasteiger partial charge < -0.3 is 9.97 Å². The molecule has 0 amide bonds. The summed E-state index contributed by atoms with van der Waals surface area (Å²) in [5.41, 5.74) is 7.28. The van der Waals surface area contributed by atoms with Crippen LogP contribution in [0, 0.1) is 13.8 Å². The predicted octanol–water partition coefficient (Wildman–Crippen LogP) is 7.27. The third-order valence-corrected chi connectivity index (χ3v) is 4.92. The van der Waals surface area contributed by atoms with Gasteiger partial charge in [-0.25, -0.2) is 0 Å². The van der Waals surface area contributed by atoms with Crippen molar-refractivity contribution >= 4 is 33.4 Å². The quantitative estimate of drug-likeness (QED) is 0.310. The lowest BCUT2D eigenvalue weighted by Crippen LogP contribution is -1.81. The van der Waals surface area contributed by atoms with Crippen molar-refractivity contribution in [3.63, 3.8) is 0 Å². The van der Waals surface area contributed by atoms with Gasteiger partial charge in [-0.15, -0.1) is 0 Å². The summed E-state index contributed by atoms with van der Waals surface area (Å²) < 4.78 is 0. The molecule has 0 spiro atoms. The zero-order valence-corrected chi connectivity index (χ0v) is 16.1. The summed E-state index contributed by atoms with van der Waals surface area (Å²) in [7, 11) is 0. The number of aromatic amines is 2. The third kappa shape index (κ3) is 3.76. The molecule has 2 N–H and O–H groups in total. The normalized spacial score (nSPS) is 10.8. The van der Waals surface area contributed by atoms with Crippen LogP contribution in [0.3, 0.4) is 0 Å². The van der Waals surface area contributed by atoms with E-state index in [2.05, 4.69) is 77.6 Å². The van der Waals surface area contributed by atoms with Crippen molar-refractivity contribution in [3.8, 4) is 11.3 Å². The average molecular weight is 373 g/mol. The Kier molecular flexibility index (Phi) is 4.74. The minimum Gasteiger partial charge on any atom is -0.359 e. The molecule has 3 aromatic carbocycles. The molecule has 5 rings (SSSR count). The molecular weight excluding hydrogens is 352 g/mol. The number of nitrogens with one attached hydrogen (secondary N) is 2. The lowest BCUT2D eigenvalue weighted by molar-refractivity contribution is 1.30. The van der Waals surface area contributed by atoms with Gasteiger partial charge in [0.2, 0.25) is 0 Å². The molecule has 2 nitrogen and oxygen atoms in total. The minimum atomic E-state index is 0.788. The fraction of sp³-hybridized carbons (Fsp3) is 0.0833. The van der Waals surface area contributed by atoms with Gasteiger partial charge in [0.25, 0.3) is 0 Å². The standard InChI is InChI=1S/C15H13N.C9H8ClN/c1-11-6-2-4-8-13(11)15-10-12-7-3-5-9-14(12)16-15;1-6-4-7-5-8(10)2-3-9(7)11-6/h2-10,16H,1H3;2-5,11H,1H3. The first-order valence-electron chi connectivity index (χ1n) is 8.99. The maximum Gasteiger partial charge on any atom is 0.0467 e. The second-order valence-electron chi connectivity index (χ2n) is 6.77. The van der Waals surface area contributed by atoms with Crippen LogP contribution >= 0.6 is 11.6 Å². The first kappa shape index (κ1) is 17.4. The molecule has 27 heavy (non-hydrogen) atoms. The zero-order chi connectivity index (χ0) is 18.8. The fourth-order valence-corrected chi connectivity index (χ4v) is 3.52. The Morgan fingerprint density at radius 2 is 1.41 bits per heavy atom. The summed E-state index contributed by atoms with van der Waals surface area (Å²) in [6, 6.07) is 26.9. The number of aryl methyl sites for hydroxylation is 2. The average Bonchev–Trinajstić information content (AvgIpc) is 3.24. The molecule has 0 saturated heterocycles. The molecule has 0 unspecified atom stereocenters. The SMILES string of the molecule is Cc1cc2cc(Cl)ccc2[nH]1.Cc1ccccc1-c1cc2ccccc2[nH]1. The van der Waals surface area contributed by atoms with E-state index in [4.69, 9.17) is 11.6 Å². The predicted molar refractivity (Wildman–Crippen MR) is 117 cm³/mol. The van der Waals surface area contributed by atoms with Gasteiger partial charge >= 0.3 is 0 Å². The number of hydrogen-bond donors (Lipinski definition) is 2. The summed E-state index contributed by atoms with van der Waals surface area (Å²) in [5, 5.41) is 3.23. The van der Waals surface area contributed by atoms with Crippen molar-refractivity contribution in [2.24, 2.45) is 0 Å². The van der Waals surface area contributed by atoms with E-state index in [1.807, 2.05) is 25.1 Å². The van der Waals surface area contributed by atoms with E-state index in [0.29, 0.717) is 0 Å². The summed E-state index contributed by atoms with van der Waals surface area (Å²) in [4.78, 5) is 6.68. The molecule has 0 bridgehead atoms. The Balaban J connectivity index is 0.000000143. The molecule has 2 heterocycles. The summed E-state index contributed by atoms with van der Waals surface area (Å²) >= 11 is 5.81. The number of para-hydroxylation sites is 1. The van der Waals surface area contributed by atoms with E-state index < -0.39 is 0 Å². The van der Waals surface area contributed by atoms with Crippen molar-refractivity contribution in [1.29, 1.82) is 0 Å². The van der Waals surface area contributed by atoms with Gasteiger partial charge in [-0.1, -0.05) is 54.1 Å². The van der Waals surface area contributed by atoms with Crippen LogP contribution in [0.1, 0.15) is 11.3 Å². The highest BCUT2D eigenvalue weighted by Gasteiger charge is 2.04. The van der Waals surface area contributed by atoms with Gasteiger partial charge in [-0.2, -0.15) is 0 Å². The Morgan fingerprint density at radius 1 is 0.667 bits per heavy atom. The molecule has 5 aromatic rings. The molecular formula is C24H21ClN2. The second kappa shape index (κ2) is 7.34. The van der Waals surface area contributed by atoms with Gasteiger partial charge in [-0.05, 0) is 55.8 Å². The molecule has 0 aliphatic heterocycles. The monoisotopic (exact) mass is 372 g/mol. The Bertz CT molecular complexity index is 1180. The number of benzene rings is 3. The summed E-state index contributed by atoms with van der Waals surface area (Å²) in [6.07, 6.45) is 0. The number of H-pyrrole nitrogens is 2. The van der Waals surface area contributed by atoms with E-state index in [-0.39, 0.29) is 0 Å². The van der Waals surface area contributed by atoms with Crippen LogP contribution in [0.2, 0.25) is 5.02 Å². The van der Waals surface area contributed by atoms with Crippen LogP contribution in [-0.4, -0.2) is 9.97 Å². The zero-order valence-electron chi connectivity index (χ0n) is 15.4. The molecule has 0 atom stereocenters. The Morgan fingerprint density at radius 3 is 2.22 bits per heavy atom. The van der Waals surface area contributed by atoms with Crippen LogP contribution < -0.4 is 0 Å². The summed E-state index contributed by atoms with van der Waals surface area (Å²) in [5.74, 6) is 0. The number of hydrogen-bond acceptors (Lipinski definition) is 0. The lowest BCUT2D eigenvalue weighted by atomic mass is 10.1. The Hall–Kier alpha value is -2.97. The Labute approximate surface area is 163 Å². The van der Waals surface area contributed by atoms with Gasteiger partial charge in [0.05, 0.1) is 0 Å². The van der Waals surface area contributed by atoms with Crippen LogP contribution in [-0.2, 0) is 0 Å². The van der Waals surface area contributed by atoms with Crippen LogP contribution in [0.25, 0.3) is 33.1 Å². The summed E-state index contributed by atoms with van der Waals surface area (Å²) in [6.45, 7) is 4.18. The smallest absolute Gasteiger partial charge is 0.0467 e. The number of rotatable bonds is 1. The fourth-order valence-electron chi connectivity index (χ4n) is 3.34. The highest BCUT2D eigenvalue weighted by atomic mass is 35.5. The molecule has 0 fully saturated rings. The van der Waals surface area contributed by atoms with E-state index >= 15 is 0 Å².